The molecule has 44 heavy (non-hydrogen) atoms. The van der Waals surface area contributed by atoms with Crippen LogP contribution in [0.4, 0.5) is 5.69 Å². The Morgan fingerprint density at radius 2 is 1.32 bits per heavy atom. The Morgan fingerprint density at radius 3 is 1.77 bits per heavy atom. The van der Waals surface area contributed by atoms with Crippen molar-refractivity contribution in [1.82, 2.24) is 21.3 Å². The van der Waals surface area contributed by atoms with Crippen molar-refractivity contribution in [2.45, 2.75) is 57.0 Å². The predicted molar refractivity (Wildman–Crippen MR) is 146 cm³/mol. The molecule has 1 rings (SSSR count). The lowest BCUT2D eigenvalue weighted by atomic mass is 10.1. The second kappa shape index (κ2) is 18.0. The van der Waals surface area contributed by atoms with Crippen LogP contribution in [0.3, 0.4) is 0 Å². The lowest BCUT2D eigenvalue weighted by Crippen LogP contribution is -2.52. The molecule has 0 bridgehead atoms. The van der Waals surface area contributed by atoms with Crippen LogP contribution in [0.5, 0.6) is 0 Å². The van der Waals surface area contributed by atoms with Gasteiger partial charge < -0.3 is 42.3 Å². The van der Waals surface area contributed by atoms with Crippen LogP contribution in [-0.2, 0) is 28.8 Å². The monoisotopic (exact) mass is 624 g/mol. The SMILES string of the molecule is NC(=O)CCCNC(=O)c1cc(C(=O)NCCCC(=O)N[C@@H](CC(=O)O)C(=O)N[C@@H](CCC(=O)O)C(=O)O)cc([N+](=O)[O-])c1. The molecule has 0 fully saturated rings. The molecule has 0 radical (unpaired) electrons. The molecule has 0 aliphatic rings. The summed E-state index contributed by atoms with van der Waals surface area (Å²) in [6.45, 7) is -0.108. The standard InChI is InChI=1S/C25H32N6O13/c26-18(32)3-1-7-27-22(38)13-9-14(11-15(10-13)31(43)44)23(39)28-8-2-4-19(33)29-17(12-21(36)37)24(40)30-16(25(41)42)5-6-20(34)35/h9-11,16-17H,1-8,12H2,(H2,26,32)(H,27,38)(H,28,39)(H,29,33)(H,30,40)(H,34,35)(H,36,37)(H,41,42)/t16-,17-/m0/s1. The number of primary amides is 1. The van der Waals surface area contributed by atoms with Crippen molar-refractivity contribution in [3.63, 3.8) is 0 Å². The second-order valence-electron chi connectivity index (χ2n) is 9.26. The van der Waals surface area contributed by atoms with Crippen LogP contribution in [0.15, 0.2) is 18.2 Å². The van der Waals surface area contributed by atoms with Crippen LogP contribution >= 0.6 is 0 Å². The van der Waals surface area contributed by atoms with Crippen molar-refractivity contribution in [3.05, 3.63) is 39.4 Å². The number of hydrogen-bond donors (Lipinski definition) is 8. The number of hydrogen-bond acceptors (Lipinski definition) is 10. The summed E-state index contributed by atoms with van der Waals surface area (Å²) in [5.41, 5.74) is 4.04. The van der Waals surface area contributed by atoms with Crippen LogP contribution in [0.1, 0.15) is 65.7 Å². The summed E-state index contributed by atoms with van der Waals surface area (Å²) in [7, 11) is 0. The van der Waals surface area contributed by atoms with Crippen molar-refractivity contribution in [1.29, 1.82) is 0 Å². The number of nitrogens with zero attached hydrogens (tertiary/aromatic N) is 1. The fraction of sp³-hybridized carbons (Fsp3) is 0.440. The molecular formula is C25H32N6O13. The number of carbonyl (C=O) groups is 8. The highest BCUT2D eigenvalue weighted by atomic mass is 16.6. The maximum atomic E-state index is 12.6. The number of non-ortho nitro benzene ring substituents is 1. The van der Waals surface area contributed by atoms with E-state index in [0.717, 1.165) is 18.2 Å². The summed E-state index contributed by atoms with van der Waals surface area (Å²) in [4.78, 5) is 104. The number of amides is 5. The molecule has 2 atom stereocenters. The number of benzene rings is 1. The van der Waals surface area contributed by atoms with E-state index in [1.54, 1.807) is 0 Å². The molecule has 9 N–H and O–H groups in total. The number of nitro benzene ring substituents is 1. The van der Waals surface area contributed by atoms with Gasteiger partial charge in [0.15, 0.2) is 0 Å². The van der Waals surface area contributed by atoms with Crippen molar-refractivity contribution < 1.29 is 58.6 Å². The third-order valence-corrected chi connectivity index (χ3v) is 5.70. The highest BCUT2D eigenvalue weighted by Gasteiger charge is 2.28. The van der Waals surface area contributed by atoms with Gasteiger partial charge in [0.1, 0.15) is 12.1 Å². The Balaban J connectivity index is 2.76. The maximum absolute atomic E-state index is 12.6. The first-order valence-corrected chi connectivity index (χ1v) is 13.0. The largest absolute Gasteiger partial charge is 0.481 e. The van der Waals surface area contributed by atoms with Crippen molar-refractivity contribution in [2.24, 2.45) is 5.73 Å². The van der Waals surface area contributed by atoms with E-state index in [1.807, 2.05) is 5.32 Å². The summed E-state index contributed by atoms with van der Waals surface area (Å²) >= 11 is 0. The maximum Gasteiger partial charge on any atom is 0.326 e. The molecule has 1 aromatic carbocycles. The molecule has 19 nitrogen and oxygen atoms in total. The summed E-state index contributed by atoms with van der Waals surface area (Å²) < 4.78 is 0. The summed E-state index contributed by atoms with van der Waals surface area (Å²) in [6, 6.07) is -0.342. The molecule has 0 saturated carbocycles. The molecule has 19 heteroatoms. The number of rotatable bonds is 20. The second-order valence-corrected chi connectivity index (χ2v) is 9.26. The molecule has 0 saturated heterocycles. The van der Waals surface area contributed by atoms with Crippen LogP contribution in [0, 0.1) is 10.1 Å². The molecule has 0 aliphatic carbocycles. The third-order valence-electron chi connectivity index (χ3n) is 5.70. The zero-order valence-corrected chi connectivity index (χ0v) is 23.2. The van der Waals surface area contributed by atoms with E-state index in [-0.39, 0.29) is 49.9 Å². The van der Waals surface area contributed by atoms with E-state index in [9.17, 15) is 53.6 Å². The number of nitrogens with one attached hydrogen (secondary N) is 4. The molecular weight excluding hydrogens is 592 g/mol. The van der Waals surface area contributed by atoms with Crippen LogP contribution < -0.4 is 27.0 Å². The fourth-order valence-electron chi connectivity index (χ4n) is 3.55. The Hall–Kier alpha value is -5.62. The third kappa shape index (κ3) is 13.8. The van der Waals surface area contributed by atoms with Gasteiger partial charge in [0.05, 0.1) is 11.3 Å². The zero-order valence-electron chi connectivity index (χ0n) is 23.2. The quantitative estimate of drug-likeness (QED) is 0.0465. The van der Waals surface area contributed by atoms with E-state index in [0.29, 0.717) is 0 Å². The minimum absolute atomic E-state index is 0.00803. The minimum Gasteiger partial charge on any atom is -0.481 e. The van der Waals surface area contributed by atoms with E-state index in [1.165, 1.54) is 0 Å². The Labute approximate surface area is 248 Å². The molecule has 0 unspecified atom stereocenters. The Morgan fingerprint density at radius 1 is 0.773 bits per heavy atom. The van der Waals surface area contributed by atoms with Gasteiger partial charge in [0, 0.05) is 55.6 Å². The first-order chi connectivity index (χ1) is 20.6. The molecule has 0 spiro atoms. The van der Waals surface area contributed by atoms with Gasteiger partial charge in [0.25, 0.3) is 17.5 Å². The Kier molecular flexibility index (Phi) is 14.9. The number of carboxylic acids is 3. The van der Waals surface area contributed by atoms with E-state index >= 15 is 0 Å². The highest BCUT2D eigenvalue weighted by Crippen LogP contribution is 2.18. The van der Waals surface area contributed by atoms with Gasteiger partial charge in [-0.25, -0.2) is 4.79 Å². The number of nitro groups is 1. The van der Waals surface area contributed by atoms with Gasteiger partial charge >= 0.3 is 17.9 Å². The van der Waals surface area contributed by atoms with Gasteiger partial charge in [-0.15, -0.1) is 0 Å². The van der Waals surface area contributed by atoms with Gasteiger partial charge in [-0.2, -0.15) is 0 Å². The van der Waals surface area contributed by atoms with Gasteiger partial charge in [-0.1, -0.05) is 0 Å². The van der Waals surface area contributed by atoms with E-state index in [4.69, 9.17) is 15.9 Å². The minimum atomic E-state index is -1.69. The van der Waals surface area contributed by atoms with Crippen LogP contribution in [-0.4, -0.2) is 92.9 Å². The molecule has 0 heterocycles. The molecule has 240 valence electrons. The Bertz CT molecular complexity index is 1300. The first-order valence-electron chi connectivity index (χ1n) is 13.0. The van der Waals surface area contributed by atoms with E-state index in [2.05, 4.69) is 16.0 Å². The van der Waals surface area contributed by atoms with Crippen LogP contribution in [0.2, 0.25) is 0 Å². The molecule has 1 aromatic rings. The van der Waals surface area contributed by atoms with Crippen molar-refractivity contribution in [3.8, 4) is 0 Å². The zero-order chi connectivity index (χ0) is 33.4. The molecule has 5 amide bonds. The van der Waals surface area contributed by atoms with Gasteiger partial charge in [-0.3, -0.25) is 43.7 Å². The number of carboxylic acid groups (broad SMARTS) is 3. The van der Waals surface area contributed by atoms with E-state index < -0.39 is 89.4 Å². The topological polar surface area (TPSA) is 315 Å². The molecule has 0 aromatic heterocycles. The summed E-state index contributed by atoms with van der Waals surface area (Å²) in [5, 5.41) is 47.3. The highest BCUT2D eigenvalue weighted by molar-refractivity contribution is 6.00. The predicted octanol–water partition coefficient (Wildman–Crippen LogP) is -1.51. The lowest BCUT2D eigenvalue weighted by molar-refractivity contribution is -0.384. The summed E-state index contributed by atoms with van der Waals surface area (Å²) in [5.74, 6) is -8.50. The first kappa shape index (κ1) is 36.4. The van der Waals surface area contributed by atoms with Gasteiger partial charge in [0.2, 0.25) is 17.7 Å². The number of aliphatic carboxylic acids is 3. The molecule has 0 aliphatic heterocycles. The number of nitrogens with two attached hydrogens (primary N) is 1. The normalized spacial score (nSPS) is 11.7. The average molecular weight is 625 g/mol. The lowest BCUT2D eigenvalue weighted by Gasteiger charge is -2.20. The van der Waals surface area contributed by atoms with Gasteiger partial charge in [-0.05, 0) is 25.3 Å². The van der Waals surface area contributed by atoms with Crippen molar-refractivity contribution in [2.75, 3.05) is 13.1 Å². The smallest absolute Gasteiger partial charge is 0.326 e. The summed E-state index contributed by atoms with van der Waals surface area (Å²) in [6.07, 6.45) is -2.13. The average Bonchev–Trinajstić information content (AvgIpc) is 2.93. The van der Waals surface area contributed by atoms with Crippen LogP contribution in [0.25, 0.3) is 0 Å². The fourth-order valence-corrected chi connectivity index (χ4v) is 3.55. The number of carbonyl (C=O) groups excluding carboxylic acids is 5. The van der Waals surface area contributed by atoms with Crippen molar-refractivity contribution >= 4 is 53.1 Å².